The van der Waals surface area contributed by atoms with E-state index in [-0.39, 0.29) is 11.7 Å². The number of anilines is 2. The Morgan fingerprint density at radius 2 is 1.50 bits per heavy atom. The van der Waals surface area contributed by atoms with Crippen molar-refractivity contribution in [3.05, 3.63) is 102 Å². The summed E-state index contributed by atoms with van der Waals surface area (Å²) in [7, 11) is -5.67. The fraction of sp³-hybridized carbons (Fsp3) is 0. The molecular formula is C25H18F2N6O4S. The van der Waals surface area contributed by atoms with Crippen molar-refractivity contribution in [1.29, 1.82) is 0 Å². The van der Waals surface area contributed by atoms with E-state index in [0.29, 0.717) is 45.2 Å². The number of fused-ring (bicyclic) bond motifs is 1. The molecule has 3 aromatic carbocycles. The molecule has 0 aliphatic heterocycles. The second-order valence-corrected chi connectivity index (χ2v) is 8.49. The van der Waals surface area contributed by atoms with Crippen LogP contribution < -0.4 is 11.1 Å². The number of nitrogens with zero attached hydrogens (tertiary/aromatic N) is 3. The number of hydrogen-bond acceptors (Lipinski definition) is 8. The molecule has 0 fully saturated rings. The first-order chi connectivity index (χ1) is 18.1. The van der Waals surface area contributed by atoms with Gasteiger partial charge in [0.1, 0.15) is 17.7 Å². The summed E-state index contributed by atoms with van der Waals surface area (Å²) in [4.78, 5) is 41.0. The van der Waals surface area contributed by atoms with E-state index in [2.05, 4.69) is 25.3 Å². The molecule has 2 aromatic heterocycles. The molecule has 38 heavy (non-hydrogen) atoms. The number of aromatic amines is 1. The first-order valence-corrected chi connectivity index (χ1v) is 12.1. The quantitative estimate of drug-likeness (QED) is 0.222. The molecule has 0 bridgehead atoms. The Morgan fingerprint density at radius 3 is 2.16 bits per heavy atom. The maximum atomic E-state index is 13.0. The number of nitrogen functional groups attached to an aromatic ring is 1. The molecule has 5 rings (SSSR count). The predicted molar refractivity (Wildman–Crippen MR) is 137 cm³/mol. The molecule has 0 aliphatic rings. The maximum absolute atomic E-state index is 13.0. The first-order valence-electron chi connectivity index (χ1n) is 10.8. The van der Waals surface area contributed by atoms with Gasteiger partial charge in [-0.1, -0.05) is 62.4 Å². The number of nitrogens with two attached hydrogens (primary N) is 1. The molecule has 0 saturated heterocycles. The van der Waals surface area contributed by atoms with Gasteiger partial charge in [-0.3, -0.25) is 9.59 Å². The van der Waals surface area contributed by atoms with Gasteiger partial charge >= 0.3 is 10.6 Å². The number of nitrogens with one attached hydrogen (secondary N) is 2. The number of halogens is 2. The Kier molecular flexibility index (Phi) is 7.48. The van der Waals surface area contributed by atoms with Crippen molar-refractivity contribution < 1.29 is 25.8 Å². The van der Waals surface area contributed by atoms with Gasteiger partial charge in [-0.25, -0.2) is 15.0 Å². The molecule has 0 saturated carbocycles. The third kappa shape index (κ3) is 6.59. The third-order valence-electron chi connectivity index (χ3n) is 5.16. The number of aromatic nitrogens is 4. The van der Waals surface area contributed by atoms with Crippen molar-refractivity contribution in [3.8, 4) is 11.4 Å². The van der Waals surface area contributed by atoms with Gasteiger partial charge in [-0.05, 0) is 24.3 Å². The zero-order valence-electron chi connectivity index (χ0n) is 19.3. The van der Waals surface area contributed by atoms with Crippen LogP contribution in [0.4, 0.5) is 19.3 Å². The van der Waals surface area contributed by atoms with Gasteiger partial charge < -0.3 is 16.0 Å². The molecule has 1 amide bonds. The molecule has 0 atom stereocenters. The number of benzene rings is 3. The summed E-state index contributed by atoms with van der Waals surface area (Å²) in [6.07, 6.45) is 1.36. The summed E-state index contributed by atoms with van der Waals surface area (Å²) >= 11 is 0. The lowest BCUT2D eigenvalue weighted by molar-refractivity contribution is 0.102. The van der Waals surface area contributed by atoms with E-state index < -0.39 is 10.6 Å². The molecule has 0 unspecified atom stereocenters. The molecule has 13 heteroatoms. The number of rotatable bonds is 5. The number of carbonyl (C=O) groups is 2. The Balaban J connectivity index is 0.000000617. The van der Waals surface area contributed by atoms with Crippen molar-refractivity contribution in [1.82, 2.24) is 19.9 Å². The molecule has 0 radical (unpaired) electrons. The van der Waals surface area contributed by atoms with E-state index in [0.717, 1.165) is 5.56 Å². The number of imidazole rings is 1. The normalized spacial score (nSPS) is 10.9. The van der Waals surface area contributed by atoms with Gasteiger partial charge in [0.25, 0.3) is 5.91 Å². The zero-order valence-corrected chi connectivity index (χ0v) is 20.1. The lowest BCUT2D eigenvalue weighted by atomic mass is 10.0. The van der Waals surface area contributed by atoms with Crippen LogP contribution >= 0.6 is 0 Å². The van der Waals surface area contributed by atoms with Crippen molar-refractivity contribution in [2.75, 3.05) is 11.1 Å². The number of ketones is 1. The molecule has 5 aromatic rings. The van der Waals surface area contributed by atoms with Gasteiger partial charge in [-0.15, -0.1) is 0 Å². The van der Waals surface area contributed by atoms with Crippen LogP contribution in [0.5, 0.6) is 0 Å². The molecule has 10 nitrogen and oxygen atoms in total. The van der Waals surface area contributed by atoms with Crippen LogP contribution in [0.25, 0.3) is 22.6 Å². The summed E-state index contributed by atoms with van der Waals surface area (Å²) in [6.45, 7) is 0. The van der Waals surface area contributed by atoms with Gasteiger partial charge in [-0.2, -0.15) is 8.42 Å². The summed E-state index contributed by atoms with van der Waals surface area (Å²) in [6, 6.07) is 22.8. The molecule has 192 valence electrons. The summed E-state index contributed by atoms with van der Waals surface area (Å²) in [5, 5.41) is 2.83. The van der Waals surface area contributed by atoms with E-state index in [1.165, 1.54) is 6.33 Å². The number of H-pyrrole nitrogens is 1. The zero-order chi connectivity index (χ0) is 27.3. The van der Waals surface area contributed by atoms with Crippen LogP contribution in [-0.2, 0) is 10.6 Å². The van der Waals surface area contributed by atoms with Crippen LogP contribution in [0.1, 0.15) is 26.3 Å². The van der Waals surface area contributed by atoms with Gasteiger partial charge in [0.05, 0.1) is 0 Å². The van der Waals surface area contributed by atoms with Crippen LogP contribution in [0.2, 0.25) is 0 Å². The van der Waals surface area contributed by atoms with E-state index >= 15 is 0 Å². The highest BCUT2D eigenvalue weighted by Crippen LogP contribution is 2.23. The van der Waals surface area contributed by atoms with Crippen LogP contribution in [0, 0.1) is 0 Å². The number of amides is 1. The Hall–Kier alpha value is -5.04. The number of hydrogen-bond donors (Lipinski definition) is 3. The molecule has 2 heterocycles. The Bertz CT molecular complexity index is 1720. The number of carbonyl (C=O) groups excluding carboxylic acids is 2. The highest BCUT2D eigenvalue weighted by molar-refractivity contribution is 7.81. The third-order valence-corrected chi connectivity index (χ3v) is 5.16. The Morgan fingerprint density at radius 1 is 0.842 bits per heavy atom. The maximum Gasteiger partial charge on any atom is 0.476 e. The lowest BCUT2D eigenvalue weighted by Crippen LogP contribution is -2.12. The average molecular weight is 537 g/mol. The minimum absolute atomic E-state index is 0.155. The molecular weight excluding hydrogens is 518 g/mol. The second kappa shape index (κ2) is 10.9. The standard InChI is InChI=1S/C25H18N6O2.F2O2S/c26-22-20-24(28-14-27-22)31-23(30-20)16-11-9-15(10-12-16)21(32)18-7-4-8-19(13-18)29-25(33)17-5-2-1-3-6-17;1-5(2,3)4/h1-14H,(H,29,33)(H3,26,27,28,30,31);. The minimum Gasteiger partial charge on any atom is -0.382 e. The van der Waals surface area contributed by atoms with Crippen LogP contribution in [-0.4, -0.2) is 40.0 Å². The smallest absolute Gasteiger partial charge is 0.382 e. The van der Waals surface area contributed by atoms with Crippen molar-refractivity contribution in [2.24, 2.45) is 0 Å². The molecule has 4 N–H and O–H groups in total. The van der Waals surface area contributed by atoms with Crippen LogP contribution in [0.15, 0.2) is 85.2 Å². The van der Waals surface area contributed by atoms with Gasteiger partial charge in [0.15, 0.2) is 17.2 Å². The SMILES string of the molecule is Nc1ncnc2nc(-c3ccc(C(=O)c4cccc(NC(=O)c5ccccc5)c4)cc3)[nH]c12.O=S(=O)(F)F. The van der Waals surface area contributed by atoms with Crippen molar-refractivity contribution in [2.45, 2.75) is 0 Å². The fourth-order valence-corrected chi connectivity index (χ4v) is 3.46. The molecule has 0 spiro atoms. The summed E-state index contributed by atoms with van der Waals surface area (Å²) < 4.78 is 36.6. The van der Waals surface area contributed by atoms with E-state index in [1.54, 1.807) is 72.8 Å². The fourth-order valence-electron chi connectivity index (χ4n) is 3.46. The van der Waals surface area contributed by atoms with E-state index in [1.807, 2.05) is 6.07 Å². The highest BCUT2D eigenvalue weighted by Gasteiger charge is 2.13. The lowest BCUT2D eigenvalue weighted by Gasteiger charge is -2.08. The van der Waals surface area contributed by atoms with Crippen molar-refractivity contribution in [3.63, 3.8) is 0 Å². The predicted octanol–water partition coefficient (Wildman–Crippen LogP) is 4.26. The van der Waals surface area contributed by atoms with Gasteiger partial charge in [0.2, 0.25) is 0 Å². The highest BCUT2D eigenvalue weighted by atomic mass is 32.3. The van der Waals surface area contributed by atoms with Gasteiger partial charge in [0, 0.05) is 27.9 Å². The molecule has 0 aliphatic carbocycles. The Labute approximate surface area is 215 Å². The second-order valence-electron chi connectivity index (χ2n) is 7.73. The van der Waals surface area contributed by atoms with E-state index in [4.69, 9.17) is 14.2 Å². The monoisotopic (exact) mass is 536 g/mol. The average Bonchev–Trinajstić information content (AvgIpc) is 3.34. The largest absolute Gasteiger partial charge is 0.476 e. The van der Waals surface area contributed by atoms with Crippen molar-refractivity contribution >= 4 is 45.0 Å². The topological polar surface area (TPSA) is 161 Å². The van der Waals surface area contributed by atoms with Crippen LogP contribution in [0.3, 0.4) is 0 Å². The summed E-state index contributed by atoms with van der Waals surface area (Å²) in [5.41, 5.74) is 9.77. The summed E-state index contributed by atoms with van der Waals surface area (Å²) in [5.74, 6) is 0.518. The minimum atomic E-state index is -5.67. The first kappa shape index (κ1) is 26.0. The van der Waals surface area contributed by atoms with E-state index in [9.17, 15) is 17.4 Å².